The third kappa shape index (κ3) is 4.23. The molecule has 10 heteroatoms. The third-order valence-electron chi connectivity index (χ3n) is 5.99. The molecule has 5 rings (SSSR count). The summed E-state index contributed by atoms with van der Waals surface area (Å²) in [4.78, 5) is 23.8. The molecule has 1 fully saturated rings. The average Bonchev–Trinajstić information content (AvgIpc) is 3.29. The maximum atomic E-state index is 13.4. The second kappa shape index (κ2) is 8.27. The van der Waals surface area contributed by atoms with Gasteiger partial charge in [-0.2, -0.15) is 13.2 Å². The minimum Gasteiger partial charge on any atom is -0.383 e. The number of nitrogens with zero attached hydrogens (tertiary/aromatic N) is 3. The molecule has 0 saturated carbocycles. The van der Waals surface area contributed by atoms with Crippen molar-refractivity contribution in [2.45, 2.75) is 31.9 Å². The highest BCUT2D eigenvalue weighted by Crippen LogP contribution is 2.32. The normalized spacial score (nSPS) is 18.5. The second-order valence-corrected chi connectivity index (χ2v) is 8.16. The van der Waals surface area contributed by atoms with Crippen molar-refractivity contribution in [1.29, 1.82) is 0 Å². The number of morpholine rings is 1. The Bertz CT molecular complexity index is 1210. The lowest BCUT2D eigenvalue weighted by atomic mass is 10.0. The number of alkyl halides is 3. The van der Waals surface area contributed by atoms with Crippen LogP contribution in [0.15, 0.2) is 36.5 Å². The van der Waals surface area contributed by atoms with Crippen LogP contribution in [-0.4, -0.2) is 46.7 Å². The zero-order chi connectivity index (χ0) is 23.2. The van der Waals surface area contributed by atoms with Crippen molar-refractivity contribution in [3.05, 3.63) is 64.5 Å². The van der Waals surface area contributed by atoms with Crippen LogP contribution in [-0.2, 0) is 29.1 Å². The summed E-state index contributed by atoms with van der Waals surface area (Å²) in [6, 6.07) is 7.39. The van der Waals surface area contributed by atoms with Crippen LogP contribution in [0.1, 0.15) is 38.8 Å². The average molecular weight is 458 g/mol. The predicted molar refractivity (Wildman–Crippen MR) is 113 cm³/mol. The van der Waals surface area contributed by atoms with Gasteiger partial charge in [0.05, 0.1) is 50.6 Å². The monoisotopic (exact) mass is 458 g/mol. The number of nitrogen functional groups attached to an aromatic ring is 1. The number of pyridine rings is 2. The van der Waals surface area contributed by atoms with E-state index in [-0.39, 0.29) is 23.8 Å². The molecule has 33 heavy (non-hydrogen) atoms. The Labute approximate surface area is 187 Å². The molecule has 2 aromatic heterocycles. The van der Waals surface area contributed by atoms with Gasteiger partial charge < -0.3 is 20.1 Å². The first-order valence-corrected chi connectivity index (χ1v) is 10.5. The minimum atomic E-state index is -4.27. The van der Waals surface area contributed by atoms with Crippen molar-refractivity contribution >= 4 is 22.6 Å². The first-order valence-electron chi connectivity index (χ1n) is 10.5. The summed E-state index contributed by atoms with van der Waals surface area (Å²) >= 11 is 0. The highest BCUT2D eigenvalue weighted by molar-refractivity contribution is 5.97. The van der Waals surface area contributed by atoms with E-state index in [1.807, 2.05) is 0 Å². The Hall–Kier alpha value is -3.24. The number of halogens is 3. The van der Waals surface area contributed by atoms with Crippen molar-refractivity contribution in [3.63, 3.8) is 0 Å². The quantitative estimate of drug-likeness (QED) is 0.646. The summed E-state index contributed by atoms with van der Waals surface area (Å²) < 4.78 is 49.1. The molecule has 172 valence electrons. The molecule has 0 bridgehead atoms. The fourth-order valence-electron chi connectivity index (χ4n) is 4.35. The van der Waals surface area contributed by atoms with E-state index in [1.165, 1.54) is 18.3 Å². The van der Waals surface area contributed by atoms with Crippen LogP contribution in [0.4, 0.5) is 19.0 Å². The summed E-state index contributed by atoms with van der Waals surface area (Å²) in [6.45, 7) is 1.73. The molecule has 0 spiro atoms. The molecule has 1 amide bonds. The molecule has 1 atom stereocenters. The third-order valence-corrected chi connectivity index (χ3v) is 5.99. The van der Waals surface area contributed by atoms with Gasteiger partial charge in [-0.1, -0.05) is 24.3 Å². The standard InChI is InChI=1S/C23H21F3N4O3/c24-23(25,26)8-13-1-3-14(4-2-13)20-12-32-6-5-30(20)22(31)18-7-15-16-10-33-11-17(16)21(27)29-19(15)9-28-18/h1-4,7,9,20H,5-6,8,10-12H2,(H2,27,29)/t20-/m0/s1. The van der Waals surface area contributed by atoms with E-state index in [0.29, 0.717) is 43.3 Å². The molecule has 3 aromatic rings. The Morgan fingerprint density at radius 2 is 1.91 bits per heavy atom. The zero-order valence-electron chi connectivity index (χ0n) is 17.6. The van der Waals surface area contributed by atoms with Crippen LogP contribution in [0.5, 0.6) is 0 Å². The summed E-state index contributed by atoms with van der Waals surface area (Å²) in [5, 5.41) is 0.774. The van der Waals surface area contributed by atoms with Crippen molar-refractivity contribution in [2.75, 3.05) is 25.5 Å². The number of carbonyl (C=O) groups is 1. The van der Waals surface area contributed by atoms with Gasteiger partial charge in [0.15, 0.2) is 0 Å². The molecule has 1 saturated heterocycles. The lowest BCUT2D eigenvalue weighted by Gasteiger charge is -2.35. The topological polar surface area (TPSA) is 90.6 Å². The molecule has 2 aliphatic heterocycles. The van der Waals surface area contributed by atoms with Gasteiger partial charge in [-0.05, 0) is 22.8 Å². The van der Waals surface area contributed by atoms with E-state index < -0.39 is 18.6 Å². The minimum absolute atomic E-state index is 0.167. The SMILES string of the molecule is Nc1nc2cnc(C(=O)N3CCOC[C@H]3c3ccc(CC(F)(F)F)cc3)cc2c2c1COC2. The van der Waals surface area contributed by atoms with Gasteiger partial charge in [-0.25, -0.2) is 9.97 Å². The first-order chi connectivity index (χ1) is 15.8. The smallest absolute Gasteiger partial charge is 0.383 e. The predicted octanol–water partition coefficient (Wildman–Crippen LogP) is 3.56. The van der Waals surface area contributed by atoms with Gasteiger partial charge in [0.25, 0.3) is 5.91 Å². The van der Waals surface area contributed by atoms with Crippen molar-refractivity contribution in [2.24, 2.45) is 0 Å². The number of aromatic nitrogens is 2. The Morgan fingerprint density at radius 3 is 2.67 bits per heavy atom. The molecule has 0 aliphatic carbocycles. The summed E-state index contributed by atoms with van der Waals surface area (Å²) in [7, 11) is 0. The Balaban J connectivity index is 1.44. The number of fused-ring (bicyclic) bond motifs is 3. The second-order valence-electron chi connectivity index (χ2n) is 8.16. The number of amides is 1. The maximum absolute atomic E-state index is 13.4. The Morgan fingerprint density at radius 1 is 1.15 bits per heavy atom. The number of anilines is 1. The van der Waals surface area contributed by atoms with Gasteiger partial charge in [0, 0.05) is 17.5 Å². The number of rotatable bonds is 3. The van der Waals surface area contributed by atoms with Crippen molar-refractivity contribution < 1.29 is 27.4 Å². The van der Waals surface area contributed by atoms with Gasteiger partial charge in [0.1, 0.15) is 11.5 Å². The van der Waals surface area contributed by atoms with Crippen molar-refractivity contribution in [3.8, 4) is 0 Å². The van der Waals surface area contributed by atoms with E-state index >= 15 is 0 Å². The van der Waals surface area contributed by atoms with E-state index in [4.69, 9.17) is 15.2 Å². The summed E-state index contributed by atoms with van der Waals surface area (Å²) in [5.41, 5.74) is 9.47. The molecule has 7 nitrogen and oxygen atoms in total. The highest BCUT2D eigenvalue weighted by atomic mass is 19.4. The maximum Gasteiger partial charge on any atom is 0.393 e. The van der Waals surface area contributed by atoms with Crippen LogP contribution in [0.25, 0.3) is 10.9 Å². The van der Waals surface area contributed by atoms with Gasteiger partial charge in [0.2, 0.25) is 0 Å². The Kier molecular flexibility index (Phi) is 5.41. The molecule has 1 aromatic carbocycles. The zero-order valence-corrected chi connectivity index (χ0v) is 17.6. The lowest BCUT2D eigenvalue weighted by Crippen LogP contribution is -2.43. The first kappa shape index (κ1) is 21.6. The molecule has 2 N–H and O–H groups in total. The number of nitrogens with two attached hydrogens (primary N) is 1. The molecule has 0 radical (unpaired) electrons. The fraction of sp³-hybridized carbons (Fsp3) is 0.348. The number of ether oxygens (including phenoxy) is 2. The molecular weight excluding hydrogens is 437 g/mol. The van der Waals surface area contributed by atoms with E-state index in [2.05, 4.69) is 9.97 Å². The molecule has 4 heterocycles. The van der Waals surface area contributed by atoms with Crippen LogP contribution < -0.4 is 5.73 Å². The fourth-order valence-corrected chi connectivity index (χ4v) is 4.35. The number of benzene rings is 1. The molecular formula is C23H21F3N4O3. The van der Waals surface area contributed by atoms with Crippen LogP contribution >= 0.6 is 0 Å². The van der Waals surface area contributed by atoms with E-state index in [9.17, 15) is 18.0 Å². The summed E-state index contributed by atoms with van der Waals surface area (Å²) in [5.74, 6) is 0.118. The van der Waals surface area contributed by atoms with E-state index in [0.717, 1.165) is 16.5 Å². The summed E-state index contributed by atoms with van der Waals surface area (Å²) in [6.07, 6.45) is -3.74. The van der Waals surface area contributed by atoms with Gasteiger partial charge >= 0.3 is 6.18 Å². The van der Waals surface area contributed by atoms with Crippen LogP contribution in [0.3, 0.4) is 0 Å². The number of carbonyl (C=O) groups excluding carboxylic acids is 1. The van der Waals surface area contributed by atoms with Gasteiger partial charge in [-0.15, -0.1) is 0 Å². The van der Waals surface area contributed by atoms with Crippen LogP contribution in [0, 0.1) is 0 Å². The lowest BCUT2D eigenvalue weighted by molar-refractivity contribution is -0.127. The number of hydrogen-bond donors (Lipinski definition) is 1. The van der Waals surface area contributed by atoms with Crippen molar-refractivity contribution in [1.82, 2.24) is 14.9 Å². The van der Waals surface area contributed by atoms with Gasteiger partial charge in [-0.3, -0.25) is 4.79 Å². The molecule has 2 aliphatic rings. The largest absolute Gasteiger partial charge is 0.393 e. The van der Waals surface area contributed by atoms with Crippen LogP contribution in [0.2, 0.25) is 0 Å². The molecule has 0 unspecified atom stereocenters. The number of hydrogen-bond acceptors (Lipinski definition) is 6. The highest BCUT2D eigenvalue weighted by Gasteiger charge is 2.32. The van der Waals surface area contributed by atoms with E-state index in [1.54, 1.807) is 23.1 Å².